The van der Waals surface area contributed by atoms with Crippen molar-refractivity contribution in [2.75, 3.05) is 43.4 Å². The van der Waals surface area contributed by atoms with Crippen LogP contribution in [0, 0.1) is 35.5 Å². The number of azide groups is 2. The van der Waals surface area contributed by atoms with Gasteiger partial charge in [-0.25, -0.2) is 9.59 Å². The molecule has 7 aliphatic rings. The van der Waals surface area contributed by atoms with Gasteiger partial charge in [0.15, 0.2) is 20.5 Å². The molecule has 726 valence electrons. The van der Waals surface area contributed by atoms with E-state index in [4.69, 9.17) is 29.7 Å². The Morgan fingerprint density at radius 2 is 1.29 bits per heavy atom. The average molecular weight is 1990 g/mol. The maximum absolute atomic E-state index is 15.0. The summed E-state index contributed by atoms with van der Waals surface area (Å²) in [5.74, 6) is -10.9. The second-order valence-corrected chi connectivity index (χ2v) is 52.9. The standard InChI is InChI=1S/C49H78N8O9Si.C37H53N9O10.S8/c1-15-26-64-46(63)38-28-49(12)34-20-16-17-21-35(34)53-47(49)57(38)43(60)39(30(4)5)54-41(58)36(22-18-19-24-51-55-50)52-42(59)37-27-33(66-67(13,14)48(9,10)11)23-25-56(37)44(61)40(31(6)7)65-45(62)32(8)29(2)3;1-18(2)27-35(54)56-29(19(3)4)34(53)45-15-13-21(48)16-25(45)31(50)40-24(12-8-9-14-39-44-38)30(49)43-28(20(5)47)33(52)46-26(32(51)42-27)17-37(55)22-10-6-7-11-23(22)41-36(37)46;1-3-5-7-8-6-4-2/h15-17,20-21,29-33,36-40,47,53H,1,18-19,22-28H2,2-14H3,(H,52,59)(H,54,58);6-7,10-11,18-21,24-29,36,41,47-48,55H,8-9,12-17H2,1-5H3,(H,40,50)(H,42,51)(H,43,49);/t32-,33+,36+,37-,38+,39-,40+,47+,49+;20-,21-,24-,25+,26-,27+,28+,29-,36-,37+;/m10./s1. The fourth-order valence-corrected chi connectivity index (χ4v) is 29.3. The summed E-state index contributed by atoms with van der Waals surface area (Å²) in [5.41, 5.74) is 17.9. The maximum Gasteiger partial charge on any atom is 0.329 e. The van der Waals surface area contributed by atoms with Crippen LogP contribution in [-0.2, 0) is 163 Å². The van der Waals surface area contributed by atoms with Gasteiger partial charge in [0.1, 0.15) is 78.9 Å². The van der Waals surface area contributed by atoms with E-state index < -0.39 is 211 Å². The van der Waals surface area contributed by atoms with Gasteiger partial charge in [-0.3, -0.25) is 47.9 Å². The van der Waals surface area contributed by atoms with Gasteiger partial charge in [0.2, 0.25) is 41.4 Å². The van der Waals surface area contributed by atoms with Crippen LogP contribution in [0.1, 0.15) is 199 Å². The van der Waals surface area contributed by atoms with Gasteiger partial charge in [-0.15, -0.1) is 0 Å². The van der Waals surface area contributed by atoms with Crippen LogP contribution < -0.4 is 37.2 Å². The molecule has 0 aromatic heterocycles. The number of benzene rings is 2. The normalized spacial score (nSPS) is 26.0. The highest BCUT2D eigenvalue weighted by Crippen LogP contribution is 2.53. The predicted octanol–water partition coefficient (Wildman–Crippen LogP) is 7.49. The van der Waals surface area contributed by atoms with Crippen LogP contribution in [0.3, 0.4) is 0 Å². The number of fused-ring (bicyclic) bond motifs is 9. The highest BCUT2D eigenvalue weighted by atomic mass is 33.4. The first-order valence-corrected chi connectivity index (χ1v) is 56.7. The number of unbranched alkanes of at least 4 members (excludes halogenated alkanes) is 2. The van der Waals surface area contributed by atoms with Crippen LogP contribution in [0.4, 0.5) is 11.4 Å². The molecule has 5 saturated heterocycles. The number of aliphatic hydroxyl groups is 3. The minimum atomic E-state index is -2.35. The molecule has 2 aromatic carbocycles. The molecule has 36 nitrogen and oxygen atoms in total. The van der Waals surface area contributed by atoms with E-state index in [2.05, 4.69) is 120 Å². The first kappa shape index (κ1) is 110. The molecule has 7 heterocycles. The molecule has 0 saturated carbocycles. The summed E-state index contributed by atoms with van der Waals surface area (Å²) in [4.78, 5) is 182. The predicted molar refractivity (Wildman–Crippen MR) is 517 cm³/mol. The number of hydrogen-bond donors (Lipinski definition) is 10. The van der Waals surface area contributed by atoms with Crippen molar-refractivity contribution in [1.29, 1.82) is 0 Å². The van der Waals surface area contributed by atoms with Gasteiger partial charge in [-0.2, -0.15) is 0 Å². The summed E-state index contributed by atoms with van der Waals surface area (Å²) in [7, 11) is 6.78. The SMILES string of the molecule is C=CCOC(=O)[C@@H]1C[C@@]2(C)c3ccccc3N[C@H]2N1C(=O)[C@H](NC(=O)[C@H](CCCCN=[N+]=[N-])NC(=O)[C@H]1C[C@@H](O[Si](C)(C)C(C)(C)C)CCN1C(=O)[C@@H](OC(=O)[C@H](C)C(C)C)C(C)C)C(C)C.CC(C)[C@@H]1OC(=O)[C@@H](C(C)C)NC(=O)[C@@H]2C[C@@]3(O)c4ccccc4N[C@H]3N2C(=O)[C@@H]([C@H](C)O)NC(=O)[C@H](CCCCN=[N+]=[N-])NC(=O)[C@H]2C[C@@H](O)CCN2C1=O.S=S=S=S=S=S=S=S. The highest BCUT2D eigenvalue weighted by Gasteiger charge is 2.63. The zero-order valence-corrected chi connectivity index (χ0v) is 85.3. The number of carbonyl (C=O) groups excluding carboxylic acids is 12. The third-order valence-electron chi connectivity index (χ3n) is 25.5. The Labute approximate surface area is 794 Å². The van der Waals surface area contributed by atoms with Crippen LogP contribution in [0.25, 0.3) is 20.9 Å². The van der Waals surface area contributed by atoms with Crippen LogP contribution >= 0.6 is 0 Å². The lowest BCUT2D eigenvalue weighted by Gasteiger charge is -2.45. The number of para-hydroxylation sites is 2. The molecule has 45 heteroatoms. The molecule has 131 heavy (non-hydrogen) atoms. The van der Waals surface area contributed by atoms with Crippen LogP contribution in [-0.4, -0.2) is 244 Å². The summed E-state index contributed by atoms with van der Waals surface area (Å²) in [5, 5.41) is 61.2. The number of likely N-dealkylation sites (tertiary alicyclic amines) is 2. The fraction of sp³-hybridized carbons (Fsp3) is 0.698. The molecule has 7 aliphatic heterocycles. The number of amides is 9. The number of cyclic esters (lactones) is 1. The number of esters is 3. The summed E-state index contributed by atoms with van der Waals surface area (Å²) in [6.45, 7) is 37.2. The molecular weight excluding hydrogens is 1860 g/mol. The van der Waals surface area contributed by atoms with Gasteiger partial charge in [0.05, 0.1) is 18.1 Å². The number of aliphatic hydroxyl groups excluding tert-OH is 2. The van der Waals surface area contributed by atoms with Crippen molar-refractivity contribution in [1.82, 2.24) is 46.2 Å². The van der Waals surface area contributed by atoms with Crippen molar-refractivity contribution in [3.05, 3.63) is 93.2 Å². The molecule has 19 atom stereocenters. The van der Waals surface area contributed by atoms with Crippen LogP contribution in [0.2, 0.25) is 18.1 Å². The molecule has 0 radical (unpaired) electrons. The Morgan fingerprint density at radius 3 is 1.85 bits per heavy atom. The number of piperidine rings is 2. The summed E-state index contributed by atoms with van der Waals surface area (Å²) in [6, 6.07) is 3.01. The minimum absolute atomic E-state index is 0.0146. The van der Waals surface area contributed by atoms with Crippen molar-refractivity contribution in [3.63, 3.8) is 0 Å². The Balaban J connectivity index is 0.000000334. The second kappa shape index (κ2) is 49.9. The Kier molecular flexibility index (Phi) is 41.9. The molecule has 5 fully saturated rings. The van der Waals surface area contributed by atoms with E-state index in [9.17, 15) is 68.1 Å². The Hall–Kier alpha value is -8.14. The van der Waals surface area contributed by atoms with Gasteiger partial charge < -0.3 is 90.8 Å². The van der Waals surface area contributed by atoms with Gasteiger partial charge in [0.25, 0.3) is 11.8 Å². The van der Waals surface area contributed by atoms with E-state index in [0.717, 1.165) is 16.2 Å². The van der Waals surface area contributed by atoms with E-state index in [1.165, 1.54) is 45.5 Å². The zero-order valence-electron chi connectivity index (χ0n) is 77.7. The highest BCUT2D eigenvalue weighted by molar-refractivity contribution is 8.70. The fourth-order valence-electron chi connectivity index (χ4n) is 16.9. The Morgan fingerprint density at radius 1 is 0.702 bits per heavy atom. The minimum Gasteiger partial charge on any atom is -0.460 e. The lowest BCUT2D eigenvalue weighted by molar-refractivity contribution is -0.170. The number of ether oxygens (including phenoxy) is 3. The van der Waals surface area contributed by atoms with E-state index in [1.54, 1.807) is 122 Å². The molecule has 10 N–H and O–H groups in total. The smallest absolute Gasteiger partial charge is 0.329 e. The third kappa shape index (κ3) is 27.8. The second-order valence-electron chi connectivity index (χ2n) is 37.5. The zero-order chi connectivity index (χ0) is 97.5. The molecule has 0 bridgehead atoms. The van der Waals surface area contributed by atoms with Crippen molar-refractivity contribution in [2.24, 2.45) is 45.7 Å². The summed E-state index contributed by atoms with van der Waals surface area (Å²) >= 11 is 9.21. The number of nitrogens with zero attached hydrogens (tertiary/aromatic N) is 10. The monoisotopic (exact) mass is 1990 g/mol. The lowest BCUT2D eigenvalue weighted by atomic mass is 9.80. The van der Waals surface area contributed by atoms with Gasteiger partial charge in [-0.05, 0) is 128 Å². The topological polar surface area (TPSA) is 497 Å². The molecule has 0 aliphatic carbocycles. The van der Waals surface area contributed by atoms with Gasteiger partial charge in [-0.1, -0.05) is 176 Å². The maximum atomic E-state index is 15.0. The van der Waals surface area contributed by atoms with Crippen LogP contribution in [0.5, 0.6) is 0 Å². The number of carbonyl (C=O) groups is 12. The van der Waals surface area contributed by atoms with Crippen molar-refractivity contribution in [2.45, 2.75) is 314 Å². The average Bonchev–Trinajstić information content (AvgIpc) is 1.56. The van der Waals surface area contributed by atoms with Gasteiger partial charge >= 0.3 is 17.9 Å². The summed E-state index contributed by atoms with van der Waals surface area (Å²) < 4.78 is 24.1. The van der Waals surface area contributed by atoms with E-state index in [0.29, 0.717) is 36.9 Å². The third-order valence-corrected chi connectivity index (χ3v) is 41.2. The lowest BCUT2D eigenvalue weighted by Crippen LogP contribution is -2.64. The van der Waals surface area contributed by atoms with Crippen molar-refractivity contribution in [3.8, 4) is 0 Å². The first-order valence-electron chi connectivity index (χ1n) is 44.4. The molecule has 0 unspecified atom stereocenters. The first-order chi connectivity index (χ1) is 61.7. The molecule has 9 rings (SSSR count). The number of anilines is 2. The van der Waals surface area contributed by atoms with E-state index >= 15 is 4.79 Å². The van der Waals surface area contributed by atoms with Crippen LogP contribution in [0.15, 0.2) is 71.4 Å². The largest absolute Gasteiger partial charge is 0.460 e. The number of rotatable bonds is 29. The number of hydrogen-bond acceptors (Lipinski definition) is 25. The molecule has 9 amide bonds. The summed E-state index contributed by atoms with van der Waals surface area (Å²) in [6.07, 6.45) is -3.89. The van der Waals surface area contributed by atoms with Crippen molar-refractivity contribution >= 4 is 166 Å². The van der Waals surface area contributed by atoms with E-state index in [1.807, 2.05) is 45.0 Å². The van der Waals surface area contributed by atoms with Crippen molar-refractivity contribution < 1.29 is 91.5 Å². The molecule has 0 spiro atoms. The Bertz CT molecular complexity index is 4840. The quantitative estimate of drug-likeness (QED) is 0.00551. The van der Waals surface area contributed by atoms with E-state index in [-0.39, 0.29) is 101 Å². The number of nitrogens with one attached hydrogen (secondary N) is 7. The molecular formula is C86H131N17O19S8Si. The van der Waals surface area contributed by atoms with Gasteiger partial charge in [0, 0.05) is 159 Å². The molecule has 2 aromatic rings.